The summed E-state index contributed by atoms with van der Waals surface area (Å²) < 4.78 is 29.7. The number of nitrogens with two attached hydrogens (primary N) is 1. The summed E-state index contributed by atoms with van der Waals surface area (Å²) in [5.41, 5.74) is 4.38. The molecule has 9 atom stereocenters. The van der Waals surface area contributed by atoms with Gasteiger partial charge in [-0.2, -0.15) is 0 Å². The van der Waals surface area contributed by atoms with Gasteiger partial charge in [-0.3, -0.25) is 44.3 Å². The molecule has 10 amide bonds. The number of epoxide rings is 1. The number of anilines is 3. The van der Waals surface area contributed by atoms with Crippen molar-refractivity contribution in [2.75, 3.05) is 49.9 Å². The summed E-state index contributed by atoms with van der Waals surface area (Å²) in [6.07, 6.45) is 3.38. The van der Waals surface area contributed by atoms with E-state index in [1.54, 1.807) is 52.0 Å². The van der Waals surface area contributed by atoms with Crippen molar-refractivity contribution in [3.8, 4) is 5.75 Å². The number of rotatable bonds is 20. The van der Waals surface area contributed by atoms with E-state index in [9.17, 15) is 48.3 Å². The smallest absolute Gasteiger partial charge is 0.412 e. The molecule has 0 saturated carbocycles. The van der Waals surface area contributed by atoms with Crippen LogP contribution in [0.1, 0.15) is 91.5 Å². The molecule has 446 valence electrons. The number of primary amides is 1. The molecule has 4 aliphatic rings. The van der Waals surface area contributed by atoms with Crippen molar-refractivity contribution in [1.82, 2.24) is 26.2 Å². The number of nitrogens with one attached hydrogen (secondary N) is 6. The highest BCUT2D eigenvalue weighted by Crippen LogP contribution is 2.49. The first-order chi connectivity index (χ1) is 38.8. The molecule has 2 aromatic carbocycles. The van der Waals surface area contributed by atoms with Crippen LogP contribution in [0, 0.1) is 11.8 Å². The zero-order valence-electron chi connectivity index (χ0n) is 47.1. The van der Waals surface area contributed by atoms with Gasteiger partial charge in [0.2, 0.25) is 23.6 Å². The Bertz CT molecular complexity index is 2850. The van der Waals surface area contributed by atoms with Crippen LogP contribution in [0.4, 0.5) is 31.4 Å². The van der Waals surface area contributed by atoms with Gasteiger partial charge in [-0.15, -0.1) is 0 Å². The lowest BCUT2D eigenvalue weighted by atomic mass is 9.83. The second-order valence-electron chi connectivity index (χ2n) is 21.3. The molecule has 0 spiro atoms. The summed E-state index contributed by atoms with van der Waals surface area (Å²) in [4.78, 5) is 120. The van der Waals surface area contributed by atoms with Gasteiger partial charge >= 0.3 is 18.2 Å². The van der Waals surface area contributed by atoms with E-state index in [0.717, 1.165) is 16.0 Å². The number of aliphatic hydroxyl groups is 1. The monoisotopic (exact) mass is 1230 g/mol. The average molecular weight is 1230 g/mol. The number of nitrogens with zero attached hydrogens (tertiary/aromatic N) is 2. The molecule has 2 saturated heterocycles. The summed E-state index contributed by atoms with van der Waals surface area (Å²) in [6, 6.07) is 4.98. The molecule has 9 N–H and O–H groups in total. The first-order valence-electron chi connectivity index (χ1n) is 26.9. The minimum Gasteiger partial charge on any atom is -0.495 e. The number of ether oxygens (including phenoxy) is 5. The predicted octanol–water partition coefficient (Wildman–Crippen LogP) is 5.63. The summed E-state index contributed by atoms with van der Waals surface area (Å²) in [5.74, 6) is -3.66. The number of imide groups is 1. The highest BCUT2D eigenvalue weighted by Gasteiger charge is 2.64. The second-order valence-corrected chi connectivity index (χ2v) is 22.5. The van der Waals surface area contributed by atoms with Crippen LogP contribution in [0.15, 0.2) is 70.8 Å². The Kier molecular flexibility index (Phi) is 22.1. The van der Waals surface area contributed by atoms with E-state index in [1.807, 2.05) is 13.0 Å². The van der Waals surface area contributed by atoms with Crippen LogP contribution in [-0.4, -0.2) is 146 Å². The first kappa shape index (κ1) is 64.1. The van der Waals surface area contributed by atoms with Crippen molar-refractivity contribution in [2.45, 2.75) is 140 Å². The summed E-state index contributed by atoms with van der Waals surface area (Å²) >= 11 is 10.3. The Morgan fingerprint density at radius 1 is 0.988 bits per heavy atom. The largest absolute Gasteiger partial charge is 0.495 e. The minimum absolute atomic E-state index is 0.0462. The number of hydrogen-bond acceptors (Lipinski definition) is 15. The maximum Gasteiger partial charge on any atom is 0.412 e. The molecule has 6 rings (SSSR count). The van der Waals surface area contributed by atoms with Crippen LogP contribution in [0.2, 0.25) is 5.02 Å². The molecule has 4 bridgehead atoms. The molecule has 2 aromatic rings. The number of carbonyl (C=O) groups is 9. The van der Waals surface area contributed by atoms with E-state index >= 15 is 0 Å². The van der Waals surface area contributed by atoms with Crippen LogP contribution < -0.4 is 47.3 Å². The van der Waals surface area contributed by atoms with E-state index in [-0.39, 0.29) is 71.5 Å². The van der Waals surface area contributed by atoms with Gasteiger partial charge in [0.25, 0.3) is 11.8 Å². The van der Waals surface area contributed by atoms with E-state index in [0.29, 0.717) is 37.1 Å². The van der Waals surface area contributed by atoms with Crippen molar-refractivity contribution in [3.05, 3.63) is 81.3 Å². The minimum atomic E-state index is -1.90. The highest BCUT2D eigenvalue weighted by atomic mass is 79.9. The molecular weight excluding hydrogens is 1150 g/mol. The number of halogens is 2. The topological polar surface area (TPSA) is 328 Å². The van der Waals surface area contributed by atoms with Crippen molar-refractivity contribution in [2.24, 2.45) is 17.6 Å². The van der Waals surface area contributed by atoms with Crippen molar-refractivity contribution in [3.63, 3.8) is 0 Å². The second kappa shape index (κ2) is 28.3. The third-order valence-electron chi connectivity index (χ3n) is 14.7. The summed E-state index contributed by atoms with van der Waals surface area (Å²) in [7, 11) is 4.39. The molecule has 4 heterocycles. The fourth-order valence-electron chi connectivity index (χ4n) is 10.0. The number of urea groups is 1. The lowest BCUT2D eigenvalue weighted by molar-refractivity contribution is -0.142. The Hall–Kier alpha value is -7.06. The zero-order valence-corrected chi connectivity index (χ0v) is 49.4. The zero-order chi connectivity index (χ0) is 60.2. The van der Waals surface area contributed by atoms with Crippen molar-refractivity contribution < 1.29 is 71.9 Å². The van der Waals surface area contributed by atoms with Crippen LogP contribution in [0.3, 0.4) is 0 Å². The third-order valence-corrected chi connectivity index (χ3v) is 15.8. The van der Waals surface area contributed by atoms with Gasteiger partial charge in [0.1, 0.15) is 46.8 Å². The van der Waals surface area contributed by atoms with Crippen LogP contribution in [0.25, 0.3) is 0 Å². The average Bonchev–Trinajstić information content (AvgIpc) is 2.00. The van der Waals surface area contributed by atoms with Gasteiger partial charge in [-0.1, -0.05) is 62.6 Å². The lowest BCUT2D eigenvalue weighted by Gasteiger charge is -2.42. The fourth-order valence-corrected chi connectivity index (χ4v) is 10.8. The van der Waals surface area contributed by atoms with E-state index in [1.165, 1.54) is 56.5 Å². The molecule has 0 radical (unpaired) electrons. The number of hydrogen-bond donors (Lipinski definition) is 8. The summed E-state index contributed by atoms with van der Waals surface area (Å²) in [5, 5.41) is 28.0. The maximum absolute atomic E-state index is 14.4. The fraction of sp³-hybridized carbons (Fsp3) is 0.518. The molecule has 0 aliphatic carbocycles. The summed E-state index contributed by atoms with van der Waals surface area (Å²) in [6.45, 7) is 9.09. The lowest BCUT2D eigenvalue weighted by Crippen LogP contribution is -2.63. The van der Waals surface area contributed by atoms with Crippen molar-refractivity contribution in [1.29, 1.82) is 0 Å². The number of allylic oxidation sites excluding steroid dienone is 3. The predicted molar refractivity (Wildman–Crippen MR) is 305 cm³/mol. The highest BCUT2D eigenvalue weighted by molar-refractivity contribution is 9.10. The van der Waals surface area contributed by atoms with Gasteiger partial charge in [0, 0.05) is 68.3 Å². The molecule has 24 nitrogen and oxygen atoms in total. The number of amides is 10. The third kappa shape index (κ3) is 16.6. The molecule has 0 aromatic heterocycles. The SMILES string of the molecule is COc1cc2cc(c1Cl)N(C)C(=O)C[C@H](OC(=O)Nc1ccc(NC(=O)[C@H](CCCNC(N)=O)NC(=O)[C@@H](NC(=O)CCCCCN3C(=O)C=CC3=O)C(C)C)cc1Br)[C@]1(C)O[C@H]1[C@H](C)[C@@H]1C[C@@](O)(NC(=O)O1)[C@H](OC)/C=C/C=C(\C)C2. The van der Waals surface area contributed by atoms with Crippen molar-refractivity contribution >= 4 is 98.3 Å². The van der Waals surface area contributed by atoms with Crippen LogP contribution in [-0.2, 0) is 54.1 Å². The number of methoxy groups -OCH3 is 2. The van der Waals surface area contributed by atoms with E-state index < -0.39 is 108 Å². The van der Waals surface area contributed by atoms with Gasteiger partial charge in [0.05, 0.1) is 31.0 Å². The van der Waals surface area contributed by atoms with Gasteiger partial charge in [0.15, 0.2) is 5.72 Å². The molecule has 26 heteroatoms. The number of fused-ring (bicyclic) bond motifs is 5. The van der Waals surface area contributed by atoms with Crippen LogP contribution in [0.5, 0.6) is 5.75 Å². The molecule has 82 heavy (non-hydrogen) atoms. The number of benzene rings is 2. The number of unbranched alkanes of at least 4 members (excludes halogenated alkanes) is 2. The van der Waals surface area contributed by atoms with Gasteiger partial charge < -0.3 is 60.7 Å². The standard InChI is InChI=1S/C56H73BrClN9O15/c1-30(2)48(64-43(68)17-10-9-11-23-67-44(69)20-21-45(67)70)51(73)62-37(15-13-22-60-52(59)74)50(72)61-34-18-19-36(35(57)27-34)63-53(75)81-42-28-46(71)66(6)38-25-33(26-39(78-7)47(38)58)24-31(3)14-12-16-41(79-8)56(77)29-40(80-54(76)65-56)32(4)49-55(42,5)82-49/h12,14,16,18-21,25-27,30,32,37,40-42,48-49,77H,9-11,13,15,17,22-24,28-29H2,1-8H3,(H,61,72)(H,62,73)(H,63,75)(H,64,68)(H,65,76)(H3,59,60,74)/b16-12+,31-14+/t32-,37+,40+,41-,42+,48+,49+,55+,56+/m1/s1. The molecular formula is C56H73BrClN9O15. The maximum atomic E-state index is 14.4. The van der Waals surface area contributed by atoms with Gasteiger partial charge in [-0.25, -0.2) is 14.4 Å². The molecule has 4 aliphatic heterocycles. The quantitative estimate of drug-likeness (QED) is 0.0452. The Balaban J connectivity index is 1.16. The Morgan fingerprint density at radius 2 is 1.71 bits per heavy atom. The molecule has 0 unspecified atom stereocenters. The molecule has 2 fully saturated rings. The van der Waals surface area contributed by atoms with E-state index in [4.69, 9.17) is 41.0 Å². The van der Waals surface area contributed by atoms with Crippen LogP contribution >= 0.6 is 27.5 Å². The van der Waals surface area contributed by atoms with E-state index in [2.05, 4.69) is 47.8 Å². The van der Waals surface area contributed by atoms with Gasteiger partial charge in [-0.05, 0) is 104 Å². The number of carbonyl (C=O) groups excluding carboxylic acids is 9. The first-order valence-corrected chi connectivity index (χ1v) is 28.1. The Morgan fingerprint density at radius 3 is 2.37 bits per heavy atom. The Labute approximate surface area is 489 Å². The number of alkyl carbamates (subject to hydrolysis) is 1. The normalized spacial score (nSPS) is 25.3.